The quantitative estimate of drug-likeness (QED) is 0.797. The molecule has 2 atom stereocenters. The molecular formula is C19H23NO2. The summed E-state index contributed by atoms with van der Waals surface area (Å²) in [5, 5.41) is 1.23. The van der Waals surface area contributed by atoms with Crippen molar-refractivity contribution >= 4 is 16.7 Å². The number of hydrogen-bond acceptors (Lipinski definition) is 2. The second-order valence-electron chi connectivity index (χ2n) is 7.95. The highest BCUT2D eigenvalue weighted by Crippen LogP contribution is 2.52. The van der Waals surface area contributed by atoms with Gasteiger partial charge in [-0.3, -0.25) is 4.79 Å². The molecule has 116 valence electrons. The molecule has 0 unspecified atom stereocenters. The highest BCUT2D eigenvalue weighted by molar-refractivity contribution is 6.06. The van der Waals surface area contributed by atoms with Crippen molar-refractivity contribution in [2.45, 2.75) is 52.2 Å². The van der Waals surface area contributed by atoms with Crippen molar-refractivity contribution in [1.82, 2.24) is 4.98 Å². The standard InChI is InChI=1S/C19H23NO2/c1-10-9-20-14-7-6-11-12(15(10)14)8-13-16(17(11)21)19(4,5)22-18(13,2)3/h6-7,9,13,16,20H,8H2,1-5H3/t13-,16+/m1/s1. The lowest BCUT2D eigenvalue weighted by Gasteiger charge is -2.34. The van der Waals surface area contributed by atoms with E-state index in [-0.39, 0.29) is 23.2 Å². The summed E-state index contributed by atoms with van der Waals surface area (Å²) in [5.74, 6) is 0.443. The van der Waals surface area contributed by atoms with Gasteiger partial charge in [0.15, 0.2) is 5.78 Å². The topological polar surface area (TPSA) is 42.1 Å². The van der Waals surface area contributed by atoms with Crippen LogP contribution in [0.2, 0.25) is 0 Å². The van der Waals surface area contributed by atoms with Crippen LogP contribution in [0.1, 0.15) is 49.2 Å². The highest BCUT2D eigenvalue weighted by atomic mass is 16.5. The van der Waals surface area contributed by atoms with E-state index in [1.165, 1.54) is 16.5 Å². The second kappa shape index (κ2) is 4.02. The van der Waals surface area contributed by atoms with E-state index in [4.69, 9.17) is 4.74 Å². The molecule has 3 nitrogen and oxygen atoms in total. The Kier molecular flexibility index (Phi) is 2.56. The van der Waals surface area contributed by atoms with Crippen molar-refractivity contribution in [2.24, 2.45) is 11.8 Å². The lowest BCUT2D eigenvalue weighted by atomic mass is 9.66. The zero-order valence-corrected chi connectivity index (χ0v) is 13.9. The first kappa shape index (κ1) is 14.0. The lowest BCUT2D eigenvalue weighted by Crippen LogP contribution is -2.41. The minimum absolute atomic E-state index is 0.0494. The molecule has 0 saturated carbocycles. The van der Waals surface area contributed by atoms with Crippen LogP contribution in [0.4, 0.5) is 0 Å². The molecule has 22 heavy (non-hydrogen) atoms. The van der Waals surface area contributed by atoms with Gasteiger partial charge in [-0.1, -0.05) is 0 Å². The van der Waals surface area contributed by atoms with Crippen LogP contribution in [-0.2, 0) is 11.2 Å². The van der Waals surface area contributed by atoms with Crippen LogP contribution in [-0.4, -0.2) is 22.0 Å². The number of ketones is 1. The smallest absolute Gasteiger partial charge is 0.169 e. The molecule has 0 radical (unpaired) electrons. The van der Waals surface area contributed by atoms with Crippen LogP contribution in [0.15, 0.2) is 18.3 Å². The molecule has 2 heterocycles. The molecule has 1 fully saturated rings. The van der Waals surface area contributed by atoms with Crippen LogP contribution in [0.3, 0.4) is 0 Å². The van der Waals surface area contributed by atoms with Gasteiger partial charge in [0.05, 0.1) is 17.1 Å². The average Bonchev–Trinajstić information content (AvgIpc) is 2.86. The lowest BCUT2D eigenvalue weighted by molar-refractivity contribution is -0.0781. The van der Waals surface area contributed by atoms with E-state index >= 15 is 0 Å². The third-order valence-electron chi connectivity index (χ3n) is 5.69. The Morgan fingerprint density at radius 3 is 2.64 bits per heavy atom. The van der Waals surface area contributed by atoms with Crippen molar-refractivity contribution in [3.05, 3.63) is 35.0 Å². The van der Waals surface area contributed by atoms with Crippen LogP contribution in [0.25, 0.3) is 10.9 Å². The molecule has 1 saturated heterocycles. The minimum atomic E-state index is -0.398. The fourth-order valence-corrected chi connectivity index (χ4v) is 4.87. The van der Waals surface area contributed by atoms with E-state index < -0.39 is 5.60 Å². The number of ether oxygens (including phenoxy) is 1. The highest BCUT2D eigenvalue weighted by Gasteiger charge is 2.58. The molecular weight excluding hydrogens is 274 g/mol. The van der Waals surface area contributed by atoms with E-state index in [1.54, 1.807) is 0 Å². The largest absolute Gasteiger partial charge is 0.369 e. The zero-order chi connectivity index (χ0) is 15.9. The molecule has 1 N–H and O–H groups in total. The summed E-state index contributed by atoms with van der Waals surface area (Å²) in [6, 6.07) is 4.03. The number of carbonyl (C=O) groups is 1. The van der Waals surface area contributed by atoms with Crippen molar-refractivity contribution < 1.29 is 9.53 Å². The fraction of sp³-hybridized carbons (Fsp3) is 0.526. The predicted molar refractivity (Wildman–Crippen MR) is 87.3 cm³/mol. The van der Waals surface area contributed by atoms with Gasteiger partial charge < -0.3 is 9.72 Å². The fourth-order valence-electron chi connectivity index (χ4n) is 4.87. The van der Waals surface area contributed by atoms with Gasteiger partial charge in [0.2, 0.25) is 0 Å². The molecule has 2 aliphatic rings. The molecule has 2 aromatic rings. The molecule has 1 aliphatic heterocycles. The summed E-state index contributed by atoms with van der Waals surface area (Å²) in [6.07, 6.45) is 2.94. The van der Waals surface area contributed by atoms with Crippen molar-refractivity contribution in [1.29, 1.82) is 0 Å². The van der Waals surface area contributed by atoms with Crippen LogP contribution in [0, 0.1) is 18.8 Å². The maximum Gasteiger partial charge on any atom is 0.169 e. The number of benzene rings is 1. The number of carbonyl (C=O) groups excluding carboxylic acids is 1. The molecule has 1 aromatic heterocycles. The average molecular weight is 297 g/mol. The number of aromatic amines is 1. The summed E-state index contributed by atoms with van der Waals surface area (Å²) in [6.45, 7) is 10.5. The number of Topliss-reactive ketones (excluding diaryl/α,β-unsaturated/α-hetero) is 1. The number of nitrogens with one attached hydrogen (secondary N) is 1. The summed E-state index contributed by atoms with van der Waals surface area (Å²) in [7, 11) is 0. The van der Waals surface area contributed by atoms with Crippen molar-refractivity contribution in [2.75, 3.05) is 0 Å². The number of fused-ring (bicyclic) bond motifs is 4. The first-order chi connectivity index (χ1) is 10.2. The normalized spacial score (nSPS) is 28.7. The number of hydrogen-bond donors (Lipinski definition) is 1. The Morgan fingerprint density at radius 2 is 1.91 bits per heavy atom. The predicted octanol–water partition coefficient (Wildman–Crippen LogP) is 4.03. The van der Waals surface area contributed by atoms with Gasteiger partial charge in [-0.2, -0.15) is 0 Å². The van der Waals surface area contributed by atoms with Gasteiger partial charge in [0.1, 0.15) is 0 Å². The van der Waals surface area contributed by atoms with Crippen LogP contribution >= 0.6 is 0 Å². The van der Waals surface area contributed by atoms with Crippen LogP contribution < -0.4 is 0 Å². The molecule has 1 aliphatic carbocycles. The SMILES string of the molecule is Cc1c[nH]c2ccc3c(c12)C[C@@H]1[C@@H](C3=O)C(C)(C)OC1(C)C. The van der Waals surface area contributed by atoms with E-state index in [1.807, 2.05) is 18.3 Å². The number of aryl methyl sites for hydroxylation is 1. The summed E-state index contributed by atoms with van der Waals surface area (Å²) in [5.41, 5.74) is 3.77. The number of rotatable bonds is 0. The third kappa shape index (κ3) is 1.63. The van der Waals surface area contributed by atoms with Crippen molar-refractivity contribution in [3.8, 4) is 0 Å². The second-order valence-corrected chi connectivity index (χ2v) is 7.95. The Morgan fingerprint density at radius 1 is 1.18 bits per heavy atom. The first-order valence-corrected chi connectivity index (χ1v) is 8.06. The van der Waals surface area contributed by atoms with Gasteiger partial charge in [0.25, 0.3) is 0 Å². The Balaban J connectivity index is 1.97. The van der Waals surface area contributed by atoms with Gasteiger partial charge in [-0.05, 0) is 64.3 Å². The molecule has 0 spiro atoms. The monoisotopic (exact) mass is 297 g/mol. The van der Waals surface area contributed by atoms with Gasteiger partial charge in [-0.15, -0.1) is 0 Å². The molecule has 4 rings (SSSR count). The number of H-pyrrole nitrogens is 1. The molecule has 0 amide bonds. The summed E-state index contributed by atoms with van der Waals surface area (Å²) < 4.78 is 6.28. The van der Waals surface area contributed by atoms with Gasteiger partial charge in [0, 0.05) is 28.6 Å². The van der Waals surface area contributed by atoms with Crippen molar-refractivity contribution in [3.63, 3.8) is 0 Å². The maximum atomic E-state index is 13.2. The minimum Gasteiger partial charge on any atom is -0.369 e. The first-order valence-electron chi connectivity index (χ1n) is 8.06. The maximum absolute atomic E-state index is 13.2. The van der Waals surface area contributed by atoms with E-state index in [2.05, 4.69) is 39.6 Å². The molecule has 1 aromatic carbocycles. The zero-order valence-electron chi connectivity index (χ0n) is 13.9. The Hall–Kier alpha value is -1.61. The molecule has 0 bridgehead atoms. The molecule has 3 heteroatoms. The van der Waals surface area contributed by atoms with Crippen LogP contribution in [0.5, 0.6) is 0 Å². The third-order valence-corrected chi connectivity index (χ3v) is 5.69. The van der Waals surface area contributed by atoms with E-state index in [0.29, 0.717) is 0 Å². The van der Waals surface area contributed by atoms with Gasteiger partial charge in [-0.25, -0.2) is 0 Å². The Labute approximate surface area is 131 Å². The van der Waals surface area contributed by atoms with Gasteiger partial charge >= 0.3 is 0 Å². The summed E-state index contributed by atoms with van der Waals surface area (Å²) >= 11 is 0. The Bertz CT molecular complexity index is 797. The number of aromatic nitrogens is 1. The van der Waals surface area contributed by atoms with E-state index in [9.17, 15) is 4.79 Å². The van der Waals surface area contributed by atoms with E-state index in [0.717, 1.165) is 17.5 Å². The summed E-state index contributed by atoms with van der Waals surface area (Å²) in [4.78, 5) is 16.5.